The van der Waals surface area contributed by atoms with Crippen molar-refractivity contribution in [2.24, 2.45) is 0 Å². The number of aryl methyl sites for hydroxylation is 1. The SMILES string of the molecule is CCCn1nccc1CNC(CO)COC. The van der Waals surface area contributed by atoms with Gasteiger partial charge in [-0.3, -0.25) is 4.68 Å². The number of nitrogens with one attached hydrogen (secondary N) is 1. The summed E-state index contributed by atoms with van der Waals surface area (Å²) in [6.45, 7) is 4.35. The van der Waals surface area contributed by atoms with Gasteiger partial charge in [0.15, 0.2) is 0 Å². The van der Waals surface area contributed by atoms with E-state index in [-0.39, 0.29) is 12.6 Å². The number of hydrogen-bond acceptors (Lipinski definition) is 4. The van der Waals surface area contributed by atoms with Crippen molar-refractivity contribution in [3.05, 3.63) is 18.0 Å². The first-order valence-electron chi connectivity index (χ1n) is 5.65. The molecule has 5 heteroatoms. The smallest absolute Gasteiger partial charge is 0.0638 e. The minimum absolute atomic E-state index is 0.0185. The van der Waals surface area contributed by atoms with E-state index in [1.165, 1.54) is 0 Å². The van der Waals surface area contributed by atoms with Gasteiger partial charge in [0.1, 0.15) is 0 Å². The first kappa shape index (κ1) is 13.2. The standard InChI is InChI=1S/C11H21N3O2/c1-3-6-14-11(4-5-13-14)7-12-10(8-15)9-16-2/h4-5,10,12,15H,3,6-9H2,1-2H3. The molecule has 1 unspecified atom stereocenters. The molecule has 0 amide bonds. The molecule has 2 N–H and O–H groups in total. The maximum atomic E-state index is 9.09. The van der Waals surface area contributed by atoms with E-state index in [4.69, 9.17) is 9.84 Å². The summed E-state index contributed by atoms with van der Waals surface area (Å²) < 4.78 is 6.98. The second kappa shape index (κ2) is 7.38. The molecule has 0 aliphatic rings. The zero-order valence-electron chi connectivity index (χ0n) is 10.0. The van der Waals surface area contributed by atoms with Gasteiger partial charge in [0, 0.05) is 26.4 Å². The predicted molar refractivity (Wildman–Crippen MR) is 62.1 cm³/mol. The number of ether oxygens (including phenoxy) is 1. The number of nitrogens with zero attached hydrogens (tertiary/aromatic N) is 2. The van der Waals surface area contributed by atoms with Gasteiger partial charge in [-0.1, -0.05) is 6.92 Å². The molecule has 1 heterocycles. The molecule has 0 aliphatic carbocycles. The van der Waals surface area contributed by atoms with Crippen LogP contribution in [0.5, 0.6) is 0 Å². The van der Waals surface area contributed by atoms with Crippen LogP contribution >= 0.6 is 0 Å². The Kier molecular flexibility index (Phi) is 6.07. The third-order valence-corrected chi connectivity index (χ3v) is 2.40. The van der Waals surface area contributed by atoms with Crippen LogP contribution in [0.4, 0.5) is 0 Å². The largest absolute Gasteiger partial charge is 0.395 e. The lowest BCUT2D eigenvalue weighted by molar-refractivity contribution is 0.127. The first-order valence-corrected chi connectivity index (χ1v) is 5.65. The van der Waals surface area contributed by atoms with Crippen molar-refractivity contribution in [1.29, 1.82) is 0 Å². The van der Waals surface area contributed by atoms with Crippen LogP contribution in [-0.2, 0) is 17.8 Å². The Bertz CT molecular complexity index is 289. The van der Waals surface area contributed by atoms with Gasteiger partial charge in [-0.2, -0.15) is 5.10 Å². The second-order valence-electron chi connectivity index (χ2n) is 3.76. The number of aliphatic hydroxyl groups is 1. The highest BCUT2D eigenvalue weighted by atomic mass is 16.5. The predicted octanol–water partition coefficient (Wildman–Crippen LogP) is 0.390. The summed E-state index contributed by atoms with van der Waals surface area (Å²) in [6, 6.07) is 1.97. The second-order valence-corrected chi connectivity index (χ2v) is 3.76. The molecule has 0 aliphatic heterocycles. The topological polar surface area (TPSA) is 59.3 Å². The molecule has 5 nitrogen and oxygen atoms in total. The maximum absolute atomic E-state index is 9.09. The van der Waals surface area contributed by atoms with Crippen molar-refractivity contribution in [2.75, 3.05) is 20.3 Å². The molecule has 1 aromatic heterocycles. The van der Waals surface area contributed by atoms with E-state index in [0.717, 1.165) is 18.7 Å². The van der Waals surface area contributed by atoms with Crippen LogP contribution in [0.25, 0.3) is 0 Å². The minimum atomic E-state index is -0.0185. The zero-order chi connectivity index (χ0) is 11.8. The van der Waals surface area contributed by atoms with Crippen molar-refractivity contribution in [3.63, 3.8) is 0 Å². The zero-order valence-corrected chi connectivity index (χ0v) is 10.0. The maximum Gasteiger partial charge on any atom is 0.0638 e. The molecule has 0 radical (unpaired) electrons. The van der Waals surface area contributed by atoms with Gasteiger partial charge in [-0.25, -0.2) is 0 Å². The lowest BCUT2D eigenvalue weighted by Gasteiger charge is -2.15. The third kappa shape index (κ3) is 3.92. The van der Waals surface area contributed by atoms with E-state index >= 15 is 0 Å². The van der Waals surface area contributed by atoms with E-state index in [9.17, 15) is 0 Å². The van der Waals surface area contributed by atoms with Crippen molar-refractivity contribution in [1.82, 2.24) is 15.1 Å². The highest BCUT2D eigenvalue weighted by Crippen LogP contribution is 2.00. The van der Waals surface area contributed by atoms with Gasteiger partial charge in [-0.05, 0) is 12.5 Å². The highest BCUT2D eigenvalue weighted by Gasteiger charge is 2.07. The van der Waals surface area contributed by atoms with Crippen molar-refractivity contribution >= 4 is 0 Å². The molecule has 92 valence electrons. The fraction of sp³-hybridized carbons (Fsp3) is 0.727. The summed E-state index contributed by atoms with van der Waals surface area (Å²) in [5.41, 5.74) is 1.14. The van der Waals surface area contributed by atoms with Crippen molar-refractivity contribution < 1.29 is 9.84 Å². The fourth-order valence-electron chi connectivity index (χ4n) is 1.55. The Morgan fingerprint density at radius 3 is 3.06 bits per heavy atom. The Morgan fingerprint density at radius 1 is 1.62 bits per heavy atom. The summed E-state index contributed by atoms with van der Waals surface area (Å²) in [4.78, 5) is 0. The van der Waals surface area contributed by atoms with Gasteiger partial charge in [0.2, 0.25) is 0 Å². The summed E-state index contributed by atoms with van der Waals surface area (Å²) in [5.74, 6) is 0. The number of rotatable bonds is 8. The summed E-state index contributed by atoms with van der Waals surface area (Å²) in [6.07, 6.45) is 2.87. The van der Waals surface area contributed by atoms with Crippen LogP contribution < -0.4 is 5.32 Å². The Morgan fingerprint density at radius 2 is 2.44 bits per heavy atom. The number of methoxy groups -OCH3 is 1. The van der Waals surface area contributed by atoms with Crippen LogP contribution in [0.3, 0.4) is 0 Å². The van der Waals surface area contributed by atoms with Crippen LogP contribution in [0.2, 0.25) is 0 Å². The van der Waals surface area contributed by atoms with Crippen LogP contribution in [0, 0.1) is 0 Å². The molecule has 1 aromatic rings. The van der Waals surface area contributed by atoms with Gasteiger partial charge >= 0.3 is 0 Å². The molecule has 0 spiro atoms. The molecule has 16 heavy (non-hydrogen) atoms. The van der Waals surface area contributed by atoms with E-state index in [2.05, 4.69) is 17.3 Å². The molecular weight excluding hydrogens is 206 g/mol. The van der Waals surface area contributed by atoms with Crippen LogP contribution in [0.1, 0.15) is 19.0 Å². The van der Waals surface area contributed by atoms with Gasteiger partial charge in [0.05, 0.1) is 24.9 Å². The van der Waals surface area contributed by atoms with E-state index in [1.807, 2.05) is 10.7 Å². The average Bonchev–Trinajstić information content (AvgIpc) is 2.72. The molecule has 0 saturated heterocycles. The fourth-order valence-corrected chi connectivity index (χ4v) is 1.55. The van der Waals surface area contributed by atoms with E-state index in [0.29, 0.717) is 13.2 Å². The number of hydrogen-bond donors (Lipinski definition) is 2. The Hall–Kier alpha value is -0.910. The summed E-state index contributed by atoms with van der Waals surface area (Å²) >= 11 is 0. The molecule has 1 atom stereocenters. The Balaban J connectivity index is 2.43. The van der Waals surface area contributed by atoms with Gasteiger partial charge < -0.3 is 15.2 Å². The molecule has 0 saturated carbocycles. The molecule has 1 rings (SSSR count). The molecular formula is C11H21N3O2. The minimum Gasteiger partial charge on any atom is -0.395 e. The van der Waals surface area contributed by atoms with Crippen molar-refractivity contribution in [2.45, 2.75) is 32.5 Å². The number of aromatic nitrogens is 2. The quantitative estimate of drug-likeness (QED) is 0.674. The van der Waals surface area contributed by atoms with Gasteiger partial charge in [-0.15, -0.1) is 0 Å². The monoisotopic (exact) mass is 227 g/mol. The summed E-state index contributed by atoms with van der Waals surface area (Å²) in [5, 5.41) is 16.6. The molecule has 0 aromatic carbocycles. The Labute approximate surface area is 96.4 Å². The average molecular weight is 227 g/mol. The van der Waals surface area contributed by atoms with E-state index in [1.54, 1.807) is 13.3 Å². The van der Waals surface area contributed by atoms with Crippen LogP contribution in [0.15, 0.2) is 12.3 Å². The molecule has 0 fully saturated rings. The lowest BCUT2D eigenvalue weighted by atomic mass is 10.3. The van der Waals surface area contributed by atoms with E-state index < -0.39 is 0 Å². The summed E-state index contributed by atoms with van der Waals surface area (Å²) in [7, 11) is 1.63. The highest BCUT2D eigenvalue weighted by molar-refractivity contribution is 5.00. The normalized spacial score (nSPS) is 12.9. The van der Waals surface area contributed by atoms with Crippen molar-refractivity contribution in [3.8, 4) is 0 Å². The van der Waals surface area contributed by atoms with Crippen LogP contribution in [-0.4, -0.2) is 41.3 Å². The lowest BCUT2D eigenvalue weighted by Crippen LogP contribution is -2.36. The first-order chi connectivity index (χ1) is 7.81. The third-order valence-electron chi connectivity index (χ3n) is 2.40. The molecule has 0 bridgehead atoms. The number of aliphatic hydroxyl groups excluding tert-OH is 1. The van der Waals surface area contributed by atoms with Gasteiger partial charge in [0.25, 0.3) is 0 Å².